The maximum atomic E-state index is 6.39. The van der Waals surface area contributed by atoms with Crippen LogP contribution in [0.5, 0.6) is 11.5 Å². The second-order valence-electron chi connectivity index (χ2n) is 7.00. The van der Waals surface area contributed by atoms with Gasteiger partial charge >= 0.3 is 0 Å². The van der Waals surface area contributed by atoms with Gasteiger partial charge in [0.1, 0.15) is 12.0 Å². The van der Waals surface area contributed by atoms with E-state index in [-0.39, 0.29) is 6.17 Å². The highest BCUT2D eigenvalue weighted by Crippen LogP contribution is 2.42. The van der Waals surface area contributed by atoms with Crippen LogP contribution in [0.25, 0.3) is 11.1 Å². The molecule has 2 N–H and O–H groups in total. The number of hydrogen-bond acceptors (Lipinski definition) is 6. The predicted molar refractivity (Wildman–Crippen MR) is 113 cm³/mol. The molecule has 7 nitrogen and oxygen atoms in total. The van der Waals surface area contributed by atoms with E-state index < -0.39 is 0 Å². The number of rotatable bonds is 5. The molecule has 3 aromatic rings. The van der Waals surface area contributed by atoms with Crippen molar-refractivity contribution in [2.75, 3.05) is 19.1 Å². The Hall–Kier alpha value is -3.32. The van der Waals surface area contributed by atoms with E-state index in [2.05, 4.69) is 16.8 Å². The Bertz CT molecular complexity index is 1060. The highest BCUT2D eigenvalue weighted by molar-refractivity contribution is 5.81. The summed E-state index contributed by atoms with van der Waals surface area (Å²) in [5.74, 6) is 2.31. The monoisotopic (exact) mass is 391 g/mol. The highest BCUT2D eigenvalue weighted by Gasteiger charge is 2.29. The lowest BCUT2D eigenvalue weighted by Gasteiger charge is -2.32. The largest absolute Gasteiger partial charge is 0.493 e. The summed E-state index contributed by atoms with van der Waals surface area (Å²) in [5.41, 5.74) is 11.3. The van der Waals surface area contributed by atoms with Crippen molar-refractivity contribution in [1.82, 2.24) is 14.8 Å². The minimum Gasteiger partial charge on any atom is -0.493 e. The molecule has 3 heterocycles. The molecule has 0 saturated carbocycles. The van der Waals surface area contributed by atoms with E-state index in [9.17, 15) is 0 Å². The van der Waals surface area contributed by atoms with Crippen LogP contribution >= 0.6 is 0 Å². The Morgan fingerprint density at radius 1 is 1.07 bits per heavy atom. The third-order valence-corrected chi connectivity index (χ3v) is 5.15. The summed E-state index contributed by atoms with van der Waals surface area (Å²) in [6, 6.07) is 11.8. The number of aryl methyl sites for hydroxylation is 1. The second kappa shape index (κ2) is 7.60. The van der Waals surface area contributed by atoms with E-state index in [0.29, 0.717) is 18.0 Å². The normalized spacial score (nSPS) is 15.7. The molecular weight excluding hydrogens is 366 g/mol. The van der Waals surface area contributed by atoms with Gasteiger partial charge in [-0.1, -0.05) is 12.1 Å². The molecule has 0 bridgehead atoms. The number of pyridine rings is 1. The van der Waals surface area contributed by atoms with Crippen LogP contribution in [0.4, 0.5) is 5.82 Å². The first kappa shape index (κ1) is 19.0. The van der Waals surface area contributed by atoms with Gasteiger partial charge in [-0.2, -0.15) is 5.10 Å². The topological polar surface area (TPSA) is 78.4 Å². The average molecular weight is 391 g/mol. The standard InChI is InChI=1S/C22H25N5O2/c1-14-11-20(23)27-22(26(14)13-17-7-5-6-10-24-17)21(15(2)25-27)16-8-9-18(28-3)19(12-16)29-4/h5-12,20H,13,23H2,1-4H3. The Balaban J connectivity index is 1.86. The van der Waals surface area contributed by atoms with Crippen molar-refractivity contribution >= 4 is 5.82 Å². The quantitative estimate of drug-likeness (QED) is 0.715. The molecule has 1 unspecified atom stereocenters. The smallest absolute Gasteiger partial charge is 0.161 e. The van der Waals surface area contributed by atoms with E-state index in [1.165, 1.54) is 0 Å². The summed E-state index contributed by atoms with van der Waals surface area (Å²) in [4.78, 5) is 6.70. The number of methoxy groups -OCH3 is 2. The highest BCUT2D eigenvalue weighted by atomic mass is 16.5. The van der Waals surface area contributed by atoms with E-state index in [1.54, 1.807) is 14.2 Å². The molecule has 29 heavy (non-hydrogen) atoms. The van der Waals surface area contributed by atoms with E-state index >= 15 is 0 Å². The molecule has 1 atom stereocenters. The van der Waals surface area contributed by atoms with Gasteiger partial charge in [0, 0.05) is 17.5 Å². The molecular formula is C22H25N5O2. The lowest BCUT2D eigenvalue weighted by molar-refractivity contribution is 0.355. The van der Waals surface area contributed by atoms with Crippen LogP contribution in [0.1, 0.15) is 24.5 Å². The first-order chi connectivity index (χ1) is 14.0. The Labute approximate surface area is 170 Å². The fourth-order valence-electron chi connectivity index (χ4n) is 3.76. The van der Waals surface area contributed by atoms with Crippen LogP contribution < -0.4 is 20.1 Å². The number of ether oxygens (including phenoxy) is 2. The third kappa shape index (κ3) is 3.34. The van der Waals surface area contributed by atoms with Crippen molar-refractivity contribution < 1.29 is 9.47 Å². The van der Waals surface area contributed by atoms with Gasteiger partial charge < -0.3 is 20.1 Å². The van der Waals surface area contributed by atoms with Crippen molar-refractivity contribution in [3.63, 3.8) is 0 Å². The summed E-state index contributed by atoms with van der Waals surface area (Å²) in [6.07, 6.45) is 3.50. The van der Waals surface area contributed by atoms with Gasteiger partial charge in [-0.25, -0.2) is 4.68 Å². The number of hydrogen-bond donors (Lipinski definition) is 1. The van der Waals surface area contributed by atoms with E-state index in [4.69, 9.17) is 20.3 Å². The van der Waals surface area contributed by atoms with Crippen LogP contribution in [0.15, 0.2) is 54.4 Å². The molecule has 0 spiro atoms. The Kier molecular flexibility index (Phi) is 4.98. The molecule has 0 saturated heterocycles. The lowest BCUT2D eigenvalue weighted by atomic mass is 10.0. The van der Waals surface area contributed by atoms with Gasteiger partial charge in [-0.05, 0) is 49.8 Å². The number of aromatic nitrogens is 3. The van der Waals surface area contributed by atoms with Gasteiger partial charge in [0.05, 0.1) is 32.2 Å². The van der Waals surface area contributed by atoms with Gasteiger partial charge in [0.15, 0.2) is 11.5 Å². The molecule has 4 rings (SSSR count). The fraction of sp³-hybridized carbons (Fsp3) is 0.273. The molecule has 7 heteroatoms. The minimum absolute atomic E-state index is 0.322. The second-order valence-corrected chi connectivity index (χ2v) is 7.00. The summed E-state index contributed by atoms with van der Waals surface area (Å²) in [6.45, 7) is 4.69. The van der Waals surface area contributed by atoms with Crippen molar-refractivity contribution in [3.05, 3.63) is 65.8 Å². The molecule has 150 valence electrons. The van der Waals surface area contributed by atoms with Crippen LogP contribution in [-0.4, -0.2) is 29.0 Å². The number of nitrogens with two attached hydrogens (primary N) is 1. The summed E-state index contributed by atoms with van der Waals surface area (Å²) in [7, 11) is 3.27. The van der Waals surface area contributed by atoms with E-state index in [1.807, 2.05) is 60.3 Å². The van der Waals surface area contributed by atoms with Crippen LogP contribution in [-0.2, 0) is 6.54 Å². The van der Waals surface area contributed by atoms with Crippen molar-refractivity contribution in [3.8, 4) is 22.6 Å². The van der Waals surface area contributed by atoms with Crippen molar-refractivity contribution in [1.29, 1.82) is 0 Å². The zero-order valence-electron chi connectivity index (χ0n) is 17.1. The Morgan fingerprint density at radius 3 is 2.55 bits per heavy atom. The SMILES string of the molecule is COc1ccc(-c2c(C)nn3c2N(Cc2ccccn2)C(C)=CC3N)cc1OC. The maximum absolute atomic E-state index is 6.39. The van der Waals surface area contributed by atoms with Crippen LogP contribution in [0.3, 0.4) is 0 Å². The number of allylic oxidation sites excluding steroid dienone is 1. The number of nitrogens with zero attached hydrogens (tertiary/aromatic N) is 4. The fourth-order valence-corrected chi connectivity index (χ4v) is 3.76. The maximum Gasteiger partial charge on any atom is 0.161 e. The molecule has 1 aromatic carbocycles. The number of fused-ring (bicyclic) bond motifs is 1. The van der Waals surface area contributed by atoms with Crippen LogP contribution in [0.2, 0.25) is 0 Å². The Morgan fingerprint density at radius 2 is 1.86 bits per heavy atom. The summed E-state index contributed by atoms with van der Waals surface area (Å²) >= 11 is 0. The minimum atomic E-state index is -0.322. The number of benzene rings is 1. The predicted octanol–water partition coefficient (Wildman–Crippen LogP) is 3.65. The molecule has 1 aliphatic rings. The lowest BCUT2D eigenvalue weighted by Crippen LogP contribution is -2.33. The molecule has 2 aromatic heterocycles. The van der Waals surface area contributed by atoms with E-state index in [0.717, 1.165) is 34.0 Å². The zero-order chi connectivity index (χ0) is 20.5. The zero-order valence-corrected chi connectivity index (χ0v) is 17.1. The summed E-state index contributed by atoms with van der Waals surface area (Å²) in [5, 5.41) is 4.75. The van der Waals surface area contributed by atoms with Crippen molar-refractivity contribution in [2.24, 2.45) is 5.73 Å². The third-order valence-electron chi connectivity index (χ3n) is 5.15. The van der Waals surface area contributed by atoms with Crippen molar-refractivity contribution in [2.45, 2.75) is 26.6 Å². The number of anilines is 1. The molecule has 0 amide bonds. The van der Waals surface area contributed by atoms with Gasteiger partial charge in [0.2, 0.25) is 0 Å². The molecule has 0 aliphatic carbocycles. The first-order valence-electron chi connectivity index (χ1n) is 9.46. The van der Waals surface area contributed by atoms with Gasteiger partial charge in [0.25, 0.3) is 0 Å². The molecule has 0 radical (unpaired) electrons. The van der Waals surface area contributed by atoms with Gasteiger partial charge in [-0.3, -0.25) is 4.98 Å². The van der Waals surface area contributed by atoms with Gasteiger partial charge in [-0.15, -0.1) is 0 Å². The van der Waals surface area contributed by atoms with Crippen LogP contribution in [0, 0.1) is 6.92 Å². The average Bonchev–Trinajstić information content (AvgIpc) is 3.08. The molecule has 0 fully saturated rings. The summed E-state index contributed by atoms with van der Waals surface area (Å²) < 4.78 is 12.8. The molecule has 1 aliphatic heterocycles. The first-order valence-corrected chi connectivity index (χ1v) is 9.46.